The minimum atomic E-state index is -0.743. The van der Waals surface area contributed by atoms with Crippen LogP contribution in [0.2, 0.25) is 0 Å². The van der Waals surface area contributed by atoms with Crippen LogP contribution in [0, 0.1) is 0 Å². The molecule has 2 fully saturated rings. The maximum Gasteiger partial charge on any atom is 0.289 e. The molecule has 10 heteroatoms. The first-order chi connectivity index (χ1) is 14.6. The fourth-order valence-electron chi connectivity index (χ4n) is 3.70. The molecule has 3 heterocycles. The number of benzene rings is 1. The van der Waals surface area contributed by atoms with Crippen LogP contribution in [0.25, 0.3) is 0 Å². The summed E-state index contributed by atoms with van der Waals surface area (Å²) in [7, 11) is 0. The van der Waals surface area contributed by atoms with E-state index in [-0.39, 0.29) is 11.6 Å². The quantitative estimate of drug-likeness (QED) is 0.633. The molecule has 2 aliphatic heterocycles. The van der Waals surface area contributed by atoms with Gasteiger partial charge in [-0.25, -0.2) is 4.98 Å². The summed E-state index contributed by atoms with van der Waals surface area (Å²) >= 11 is 4.84. The number of halogens is 1. The maximum atomic E-state index is 13.2. The second kappa shape index (κ2) is 9.42. The van der Waals surface area contributed by atoms with Crippen LogP contribution in [0.4, 0.5) is 5.13 Å². The highest BCUT2D eigenvalue weighted by Crippen LogP contribution is 2.35. The van der Waals surface area contributed by atoms with Gasteiger partial charge in [0.05, 0.1) is 18.6 Å². The number of carbonyl (C=O) groups excluding carboxylic acids is 2. The SMILES string of the molecule is O=C(NNC(=O)C1(c2ccc(Br)cc2)CCOCC1)c1csc(N2CCOCC2)n1. The van der Waals surface area contributed by atoms with Crippen LogP contribution in [-0.4, -0.2) is 56.3 Å². The fourth-order valence-corrected chi connectivity index (χ4v) is 4.83. The first-order valence-electron chi connectivity index (χ1n) is 9.81. The summed E-state index contributed by atoms with van der Waals surface area (Å²) in [5, 5.41) is 2.48. The average Bonchev–Trinajstić information content (AvgIpc) is 3.29. The van der Waals surface area contributed by atoms with Crippen LogP contribution in [0.1, 0.15) is 28.9 Å². The predicted octanol–water partition coefficient (Wildman–Crippen LogP) is 2.25. The number of anilines is 1. The van der Waals surface area contributed by atoms with Gasteiger partial charge in [-0.1, -0.05) is 28.1 Å². The van der Waals surface area contributed by atoms with Gasteiger partial charge in [-0.2, -0.15) is 0 Å². The highest BCUT2D eigenvalue weighted by Gasteiger charge is 2.42. The number of hydrazine groups is 1. The molecule has 0 atom stereocenters. The van der Waals surface area contributed by atoms with Gasteiger partial charge in [0.2, 0.25) is 5.91 Å². The molecule has 0 spiro atoms. The van der Waals surface area contributed by atoms with Crippen LogP contribution in [-0.2, 0) is 19.7 Å². The number of hydrogen-bond donors (Lipinski definition) is 2. The van der Waals surface area contributed by atoms with Crippen molar-refractivity contribution in [2.45, 2.75) is 18.3 Å². The number of amides is 2. The Morgan fingerprint density at radius 2 is 1.70 bits per heavy atom. The molecule has 2 aromatic rings. The zero-order valence-electron chi connectivity index (χ0n) is 16.4. The lowest BCUT2D eigenvalue weighted by Gasteiger charge is -2.36. The number of thiazole rings is 1. The third-order valence-electron chi connectivity index (χ3n) is 5.47. The predicted molar refractivity (Wildman–Crippen MR) is 117 cm³/mol. The van der Waals surface area contributed by atoms with Crippen molar-refractivity contribution in [3.8, 4) is 0 Å². The zero-order chi connectivity index (χ0) is 21.0. The number of nitrogens with one attached hydrogen (secondary N) is 2. The number of hydrogen-bond acceptors (Lipinski definition) is 7. The standard InChI is InChI=1S/C20H23BrN4O4S/c21-15-3-1-14(2-4-15)20(5-9-28-10-6-20)18(27)24-23-17(26)16-13-30-19(22-16)25-7-11-29-12-8-25/h1-4,13H,5-12H2,(H,23,26)(H,24,27). The Bertz CT molecular complexity index is 892. The number of carbonyl (C=O) groups is 2. The van der Waals surface area contributed by atoms with Crippen molar-refractivity contribution in [2.75, 3.05) is 44.4 Å². The first-order valence-corrected chi connectivity index (χ1v) is 11.5. The van der Waals surface area contributed by atoms with Gasteiger partial charge in [0.15, 0.2) is 5.13 Å². The monoisotopic (exact) mass is 494 g/mol. The van der Waals surface area contributed by atoms with Crippen LogP contribution in [0.3, 0.4) is 0 Å². The summed E-state index contributed by atoms with van der Waals surface area (Å²) in [4.78, 5) is 32.2. The van der Waals surface area contributed by atoms with E-state index < -0.39 is 11.3 Å². The molecule has 0 bridgehead atoms. The van der Waals surface area contributed by atoms with Crippen molar-refractivity contribution in [3.05, 3.63) is 45.4 Å². The molecule has 1 aromatic heterocycles. The van der Waals surface area contributed by atoms with Gasteiger partial charge < -0.3 is 14.4 Å². The topological polar surface area (TPSA) is 92.8 Å². The van der Waals surface area contributed by atoms with Crippen LogP contribution in [0.5, 0.6) is 0 Å². The molecule has 2 saturated heterocycles. The molecule has 160 valence electrons. The molecular weight excluding hydrogens is 472 g/mol. The Hall–Kier alpha value is -2.01. The Balaban J connectivity index is 1.42. The summed E-state index contributed by atoms with van der Waals surface area (Å²) in [5.74, 6) is -0.678. The van der Waals surface area contributed by atoms with E-state index in [0.717, 1.165) is 28.3 Å². The van der Waals surface area contributed by atoms with Gasteiger partial charge in [0.1, 0.15) is 5.69 Å². The van der Waals surface area contributed by atoms with Gasteiger partial charge in [-0.3, -0.25) is 20.4 Å². The van der Waals surface area contributed by atoms with Crippen LogP contribution >= 0.6 is 27.3 Å². The van der Waals surface area contributed by atoms with Crippen LogP contribution < -0.4 is 15.8 Å². The summed E-state index contributed by atoms with van der Waals surface area (Å²) in [6, 6.07) is 7.71. The van der Waals surface area contributed by atoms with Gasteiger partial charge >= 0.3 is 0 Å². The molecule has 2 N–H and O–H groups in total. The molecule has 1 aromatic carbocycles. The molecule has 0 saturated carbocycles. The lowest BCUT2D eigenvalue weighted by molar-refractivity contribution is -0.131. The number of ether oxygens (including phenoxy) is 2. The molecule has 8 nitrogen and oxygen atoms in total. The van der Waals surface area contributed by atoms with Crippen molar-refractivity contribution in [3.63, 3.8) is 0 Å². The summed E-state index contributed by atoms with van der Waals surface area (Å²) < 4.78 is 11.8. The number of rotatable bonds is 4. The van der Waals surface area contributed by atoms with E-state index in [4.69, 9.17) is 9.47 Å². The second-order valence-electron chi connectivity index (χ2n) is 7.22. The van der Waals surface area contributed by atoms with Crippen LogP contribution in [0.15, 0.2) is 34.1 Å². The largest absolute Gasteiger partial charge is 0.381 e. The Kier molecular flexibility index (Phi) is 6.67. The molecule has 30 heavy (non-hydrogen) atoms. The van der Waals surface area contributed by atoms with E-state index in [1.165, 1.54) is 11.3 Å². The lowest BCUT2D eigenvalue weighted by atomic mass is 9.73. The van der Waals surface area contributed by atoms with E-state index in [1.54, 1.807) is 5.38 Å². The third kappa shape index (κ3) is 4.51. The maximum absolute atomic E-state index is 13.2. The molecule has 0 radical (unpaired) electrons. The molecule has 0 aliphatic carbocycles. The van der Waals surface area contributed by atoms with E-state index in [9.17, 15) is 9.59 Å². The van der Waals surface area contributed by atoms with Crippen molar-refractivity contribution < 1.29 is 19.1 Å². The van der Waals surface area contributed by atoms with Gasteiger partial charge in [-0.15, -0.1) is 11.3 Å². The van der Waals surface area contributed by atoms with Crippen molar-refractivity contribution in [2.24, 2.45) is 0 Å². The van der Waals surface area contributed by atoms with Crippen molar-refractivity contribution in [1.29, 1.82) is 0 Å². The number of nitrogens with zero attached hydrogens (tertiary/aromatic N) is 2. The van der Waals surface area contributed by atoms with E-state index in [2.05, 4.69) is 36.7 Å². The summed E-state index contributed by atoms with van der Waals surface area (Å²) in [6.07, 6.45) is 1.10. The van der Waals surface area contributed by atoms with Gasteiger partial charge in [0.25, 0.3) is 5.91 Å². The molecule has 2 amide bonds. The first kappa shape index (κ1) is 21.2. The second-order valence-corrected chi connectivity index (χ2v) is 8.98. The number of morpholine rings is 1. The molecule has 4 rings (SSSR count). The molecule has 0 unspecified atom stereocenters. The van der Waals surface area contributed by atoms with Gasteiger partial charge in [-0.05, 0) is 30.5 Å². The minimum Gasteiger partial charge on any atom is -0.381 e. The number of aromatic nitrogens is 1. The Morgan fingerprint density at radius 3 is 2.40 bits per heavy atom. The molecule has 2 aliphatic rings. The normalized spacial score (nSPS) is 18.6. The van der Waals surface area contributed by atoms with E-state index >= 15 is 0 Å². The lowest BCUT2D eigenvalue weighted by Crippen LogP contribution is -2.53. The highest BCUT2D eigenvalue weighted by molar-refractivity contribution is 9.10. The summed E-state index contributed by atoms with van der Waals surface area (Å²) in [5.41, 5.74) is 5.60. The smallest absolute Gasteiger partial charge is 0.289 e. The Labute approximate surface area is 187 Å². The highest BCUT2D eigenvalue weighted by atomic mass is 79.9. The van der Waals surface area contributed by atoms with Crippen molar-refractivity contribution in [1.82, 2.24) is 15.8 Å². The van der Waals surface area contributed by atoms with E-state index in [0.29, 0.717) is 39.3 Å². The van der Waals surface area contributed by atoms with Gasteiger partial charge in [0, 0.05) is 36.2 Å². The minimum absolute atomic E-state index is 0.245. The van der Waals surface area contributed by atoms with Crippen molar-refractivity contribution >= 4 is 44.2 Å². The third-order valence-corrected chi connectivity index (χ3v) is 6.90. The fraction of sp³-hybridized carbons (Fsp3) is 0.450. The Morgan fingerprint density at radius 1 is 1.03 bits per heavy atom. The average molecular weight is 495 g/mol. The van der Waals surface area contributed by atoms with E-state index in [1.807, 2.05) is 24.3 Å². The molecular formula is C20H23BrN4O4S. The zero-order valence-corrected chi connectivity index (χ0v) is 18.8. The summed E-state index contributed by atoms with van der Waals surface area (Å²) in [6.45, 7) is 3.79.